The molecular weight excluding hydrogens is 270 g/mol. The Bertz CT molecular complexity index is 368. The molecule has 0 radical (unpaired) electrons. The zero-order valence-corrected chi connectivity index (χ0v) is 12.7. The second kappa shape index (κ2) is 7.89. The minimum atomic E-state index is -2.83. The Morgan fingerprint density at radius 2 is 2.22 bits per heavy atom. The fraction of sp³-hybridized carbons (Fsp3) is 0.909. The summed E-state index contributed by atoms with van der Waals surface area (Å²) in [4.78, 5) is 4.11. The van der Waals surface area contributed by atoms with Crippen LogP contribution < -0.4 is 10.6 Å². The summed E-state index contributed by atoms with van der Waals surface area (Å²) in [6, 6.07) is 0.00685. The highest BCUT2D eigenvalue weighted by Crippen LogP contribution is 2.10. The van der Waals surface area contributed by atoms with Gasteiger partial charge < -0.3 is 10.6 Å². The van der Waals surface area contributed by atoms with E-state index in [1.165, 1.54) is 12.2 Å². The van der Waals surface area contributed by atoms with E-state index >= 15 is 0 Å². The summed E-state index contributed by atoms with van der Waals surface area (Å²) in [7, 11) is -1.12. The summed E-state index contributed by atoms with van der Waals surface area (Å²) >= 11 is 1.85. The van der Waals surface area contributed by atoms with Gasteiger partial charge in [0, 0.05) is 19.6 Å². The van der Waals surface area contributed by atoms with Crippen molar-refractivity contribution in [3.63, 3.8) is 0 Å². The van der Waals surface area contributed by atoms with E-state index in [1.54, 1.807) is 7.05 Å². The van der Waals surface area contributed by atoms with Gasteiger partial charge in [0.15, 0.2) is 15.8 Å². The topological polar surface area (TPSA) is 70.6 Å². The van der Waals surface area contributed by atoms with Gasteiger partial charge in [0.2, 0.25) is 0 Å². The number of sulfone groups is 1. The van der Waals surface area contributed by atoms with Gasteiger partial charge in [-0.15, -0.1) is 0 Å². The molecule has 1 saturated heterocycles. The predicted octanol–water partition coefficient (Wildman–Crippen LogP) is 0.482. The summed E-state index contributed by atoms with van der Waals surface area (Å²) in [6.45, 7) is 0.875. The van der Waals surface area contributed by atoms with Crippen molar-refractivity contribution in [2.75, 3.05) is 37.1 Å². The van der Waals surface area contributed by atoms with Crippen LogP contribution in [0.25, 0.3) is 0 Å². The monoisotopic (exact) mass is 293 g/mol. The molecule has 7 heteroatoms. The summed E-state index contributed by atoms with van der Waals surface area (Å²) in [5.41, 5.74) is 0. The summed E-state index contributed by atoms with van der Waals surface area (Å²) in [5, 5.41) is 6.38. The molecule has 1 aliphatic heterocycles. The fourth-order valence-corrected chi connectivity index (χ4v) is 4.04. The second-order valence-electron chi connectivity index (χ2n) is 4.44. The molecule has 1 fully saturated rings. The Kier molecular flexibility index (Phi) is 6.85. The number of unbranched alkanes of at least 4 members (excludes halogenated alkanes) is 1. The van der Waals surface area contributed by atoms with Crippen LogP contribution in [0.4, 0.5) is 0 Å². The highest BCUT2D eigenvalue weighted by molar-refractivity contribution is 7.98. The van der Waals surface area contributed by atoms with Crippen molar-refractivity contribution < 1.29 is 8.42 Å². The molecule has 1 aliphatic rings. The number of aliphatic imine (C=N–C) groups is 1. The number of nitrogens with one attached hydrogen (secondary N) is 2. The van der Waals surface area contributed by atoms with Gasteiger partial charge in [0.1, 0.15) is 0 Å². The van der Waals surface area contributed by atoms with Crippen LogP contribution in [0.1, 0.15) is 19.3 Å². The first-order chi connectivity index (χ1) is 8.57. The first-order valence-electron chi connectivity index (χ1n) is 6.24. The van der Waals surface area contributed by atoms with Crippen molar-refractivity contribution in [2.24, 2.45) is 4.99 Å². The molecule has 0 aromatic heterocycles. The molecule has 0 bridgehead atoms. The summed E-state index contributed by atoms with van der Waals surface area (Å²) < 4.78 is 22.7. The van der Waals surface area contributed by atoms with Crippen molar-refractivity contribution in [2.45, 2.75) is 25.3 Å². The van der Waals surface area contributed by atoms with Gasteiger partial charge in [-0.2, -0.15) is 11.8 Å². The molecule has 1 atom stereocenters. The van der Waals surface area contributed by atoms with Crippen molar-refractivity contribution in [3.8, 4) is 0 Å². The fourth-order valence-electron chi connectivity index (χ4n) is 1.88. The van der Waals surface area contributed by atoms with E-state index in [2.05, 4.69) is 21.9 Å². The van der Waals surface area contributed by atoms with E-state index in [-0.39, 0.29) is 17.5 Å². The molecule has 0 spiro atoms. The molecule has 0 saturated carbocycles. The predicted molar refractivity (Wildman–Crippen MR) is 79.2 cm³/mol. The molecule has 106 valence electrons. The number of hydrogen-bond donors (Lipinski definition) is 2. The molecule has 18 heavy (non-hydrogen) atoms. The number of thioether (sulfide) groups is 1. The lowest BCUT2D eigenvalue weighted by Crippen LogP contribution is -2.44. The van der Waals surface area contributed by atoms with E-state index in [1.807, 2.05) is 11.8 Å². The smallest absolute Gasteiger partial charge is 0.191 e. The average Bonchev–Trinajstić information content (AvgIpc) is 2.67. The second-order valence-corrected chi connectivity index (χ2v) is 7.66. The van der Waals surface area contributed by atoms with E-state index in [0.717, 1.165) is 13.0 Å². The third-order valence-corrected chi connectivity index (χ3v) is 5.33. The maximum absolute atomic E-state index is 11.3. The minimum Gasteiger partial charge on any atom is -0.356 e. The van der Waals surface area contributed by atoms with Crippen LogP contribution in [0, 0.1) is 0 Å². The SMILES string of the molecule is CN=C(NCCCCSC)NC1CCS(=O)(=O)C1. The van der Waals surface area contributed by atoms with Crippen molar-refractivity contribution in [1.82, 2.24) is 10.6 Å². The number of hydrogen-bond acceptors (Lipinski definition) is 4. The Labute approximate surface area is 114 Å². The molecule has 2 N–H and O–H groups in total. The van der Waals surface area contributed by atoms with E-state index < -0.39 is 9.84 Å². The summed E-state index contributed by atoms with van der Waals surface area (Å²) in [5.74, 6) is 2.39. The normalized spacial score (nSPS) is 23.0. The van der Waals surface area contributed by atoms with Crippen molar-refractivity contribution in [1.29, 1.82) is 0 Å². The molecule has 1 rings (SSSR count). The lowest BCUT2D eigenvalue weighted by atomic mass is 10.3. The van der Waals surface area contributed by atoms with Gasteiger partial charge in [0.25, 0.3) is 0 Å². The van der Waals surface area contributed by atoms with E-state index in [0.29, 0.717) is 12.4 Å². The molecule has 0 amide bonds. The Balaban J connectivity index is 2.22. The lowest BCUT2D eigenvalue weighted by Gasteiger charge is -2.15. The number of rotatable bonds is 6. The van der Waals surface area contributed by atoms with Crippen LogP contribution in [0.3, 0.4) is 0 Å². The first kappa shape index (κ1) is 15.6. The first-order valence-corrected chi connectivity index (χ1v) is 9.45. The Morgan fingerprint density at radius 3 is 2.78 bits per heavy atom. The van der Waals surface area contributed by atoms with Crippen LogP contribution in [0.5, 0.6) is 0 Å². The van der Waals surface area contributed by atoms with Gasteiger partial charge >= 0.3 is 0 Å². The quantitative estimate of drug-likeness (QED) is 0.423. The van der Waals surface area contributed by atoms with Crippen LogP contribution in [0.15, 0.2) is 4.99 Å². The minimum absolute atomic E-state index is 0.00685. The molecular formula is C11H23N3O2S2. The van der Waals surface area contributed by atoms with Gasteiger partial charge in [-0.25, -0.2) is 8.42 Å². The van der Waals surface area contributed by atoms with Crippen LogP contribution in [0.2, 0.25) is 0 Å². The third-order valence-electron chi connectivity index (χ3n) is 2.86. The maximum Gasteiger partial charge on any atom is 0.191 e. The van der Waals surface area contributed by atoms with Crippen LogP contribution >= 0.6 is 11.8 Å². The van der Waals surface area contributed by atoms with Gasteiger partial charge in [-0.05, 0) is 31.3 Å². The van der Waals surface area contributed by atoms with Crippen LogP contribution in [-0.4, -0.2) is 57.5 Å². The van der Waals surface area contributed by atoms with Crippen molar-refractivity contribution in [3.05, 3.63) is 0 Å². The largest absolute Gasteiger partial charge is 0.356 e. The van der Waals surface area contributed by atoms with Gasteiger partial charge in [0.05, 0.1) is 11.5 Å². The highest BCUT2D eigenvalue weighted by Gasteiger charge is 2.28. The Hall–Kier alpha value is -0.430. The van der Waals surface area contributed by atoms with Gasteiger partial charge in [-0.1, -0.05) is 0 Å². The molecule has 0 aromatic rings. The number of nitrogens with zero attached hydrogens (tertiary/aromatic N) is 1. The van der Waals surface area contributed by atoms with Crippen molar-refractivity contribution >= 4 is 27.6 Å². The lowest BCUT2D eigenvalue weighted by molar-refractivity contribution is 0.599. The average molecular weight is 293 g/mol. The molecule has 1 unspecified atom stereocenters. The molecule has 1 heterocycles. The van der Waals surface area contributed by atoms with E-state index in [9.17, 15) is 8.42 Å². The Morgan fingerprint density at radius 1 is 1.44 bits per heavy atom. The van der Waals surface area contributed by atoms with E-state index in [4.69, 9.17) is 0 Å². The highest BCUT2D eigenvalue weighted by atomic mass is 32.2. The van der Waals surface area contributed by atoms with Gasteiger partial charge in [-0.3, -0.25) is 4.99 Å². The molecule has 0 aliphatic carbocycles. The zero-order valence-electron chi connectivity index (χ0n) is 11.1. The van der Waals surface area contributed by atoms with Crippen LogP contribution in [-0.2, 0) is 9.84 Å². The standard InChI is InChI=1S/C11H23N3O2S2/c1-12-11(13-6-3-4-7-17-2)14-10-5-8-18(15,16)9-10/h10H,3-9H2,1-2H3,(H2,12,13,14). The third kappa shape index (κ3) is 5.95. The molecule has 0 aromatic carbocycles. The maximum atomic E-state index is 11.3. The number of guanidine groups is 1. The zero-order chi connectivity index (χ0) is 13.4. The molecule has 5 nitrogen and oxygen atoms in total. The summed E-state index contributed by atoms with van der Waals surface area (Å²) in [6.07, 6.45) is 5.07.